The van der Waals surface area contributed by atoms with Crippen LogP contribution in [0.4, 0.5) is 0 Å². The van der Waals surface area contributed by atoms with E-state index in [1.54, 1.807) is 13.8 Å². The summed E-state index contributed by atoms with van der Waals surface area (Å²) in [6.45, 7) is 4.07. The van der Waals surface area contributed by atoms with Crippen molar-refractivity contribution in [2.45, 2.75) is 70.5 Å². The number of carbonyl (C=O) groups excluding carboxylic acids is 3. The summed E-state index contributed by atoms with van der Waals surface area (Å²) < 4.78 is 0. The smallest absolute Gasteiger partial charge is 0.326 e. The summed E-state index contributed by atoms with van der Waals surface area (Å²) in [6.07, 6.45) is 3.39. The molecular formula is C19H38N6O5. The van der Waals surface area contributed by atoms with Gasteiger partial charge in [0.15, 0.2) is 0 Å². The van der Waals surface area contributed by atoms with Crippen molar-refractivity contribution < 1.29 is 24.3 Å². The van der Waals surface area contributed by atoms with E-state index in [4.69, 9.17) is 17.2 Å². The molecule has 0 bridgehead atoms. The number of nitrogens with one attached hydrogen (secondary N) is 3. The molecule has 0 aromatic carbocycles. The van der Waals surface area contributed by atoms with E-state index in [1.807, 2.05) is 0 Å². The lowest BCUT2D eigenvalue weighted by Gasteiger charge is -2.24. The molecule has 0 aromatic rings. The van der Waals surface area contributed by atoms with E-state index in [9.17, 15) is 24.3 Å². The average Bonchev–Trinajstić information content (AvgIpc) is 2.69. The van der Waals surface area contributed by atoms with Gasteiger partial charge in [0.25, 0.3) is 0 Å². The number of aliphatic carboxylic acids is 1. The van der Waals surface area contributed by atoms with Crippen LogP contribution in [-0.2, 0) is 19.2 Å². The van der Waals surface area contributed by atoms with Gasteiger partial charge in [0.2, 0.25) is 17.7 Å². The van der Waals surface area contributed by atoms with Gasteiger partial charge in [0, 0.05) is 0 Å². The molecule has 0 radical (unpaired) electrons. The molecule has 0 rings (SSSR count). The van der Waals surface area contributed by atoms with E-state index >= 15 is 0 Å². The first-order chi connectivity index (χ1) is 14.1. The molecule has 3 unspecified atom stereocenters. The Morgan fingerprint density at radius 1 is 0.867 bits per heavy atom. The average molecular weight is 431 g/mol. The summed E-state index contributed by atoms with van der Waals surface area (Å²) in [7, 11) is 0. The molecule has 0 spiro atoms. The topological polar surface area (TPSA) is 203 Å². The maximum Gasteiger partial charge on any atom is 0.326 e. The molecule has 0 saturated carbocycles. The summed E-state index contributed by atoms with van der Waals surface area (Å²) in [4.78, 5) is 48.0. The zero-order chi connectivity index (χ0) is 23.1. The fourth-order valence-electron chi connectivity index (χ4n) is 2.71. The predicted octanol–water partition coefficient (Wildman–Crippen LogP) is -1.60. The third-order valence-corrected chi connectivity index (χ3v) is 4.56. The Morgan fingerprint density at radius 3 is 1.93 bits per heavy atom. The minimum atomic E-state index is -1.15. The molecule has 3 amide bonds. The van der Waals surface area contributed by atoms with Gasteiger partial charge in [-0.1, -0.05) is 20.3 Å². The second kappa shape index (κ2) is 15.6. The molecule has 0 aliphatic rings. The molecule has 11 heteroatoms. The Labute approximate surface area is 177 Å². The van der Waals surface area contributed by atoms with E-state index in [1.165, 1.54) is 0 Å². The third kappa shape index (κ3) is 11.7. The summed E-state index contributed by atoms with van der Waals surface area (Å²) >= 11 is 0. The van der Waals surface area contributed by atoms with Crippen LogP contribution in [0.2, 0.25) is 0 Å². The molecule has 0 aliphatic carbocycles. The molecule has 10 N–H and O–H groups in total. The minimum Gasteiger partial charge on any atom is -0.480 e. The minimum absolute atomic E-state index is 0.245. The molecule has 11 nitrogen and oxygen atoms in total. The molecule has 0 aliphatic heterocycles. The molecule has 0 fully saturated rings. The molecule has 0 saturated heterocycles. The molecule has 0 aromatic heterocycles. The second-order valence-corrected chi connectivity index (χ2v) is 7.58. The zero-order valence-corrected chi connectivity index (χ0v) is 18.0. The van der Waals surface area contributed by atoms with Crippen LogP contribution in [0.3, 0.4) is 0 Å². The van der Waals surface area contributed by atoms with Crippen LogP contribution in [0.5, 0.6) is 0 Å². The molecule has 30 heavy (non-hydrogen) atoms. The van der Waals surface area contributed by atoms with Crippen LogP contribution in [0.15, 0.2) is 0 Å². The van der Waals surface area contributed by atoms with Gasteiger partial charge in [-0.2, -0.15) is 0 Å². The van der Waals surface area contributed by atoms with Crippen molar-refractivity contribution in [3.63, 3.8) is 0 Å². The number of unbranched alkanes of at least 4 members (excludes halogenated alkanes) is 2. The highest BCUT2D eigenvalue weighted by molar-refractivity contribution is 5.92. The molecule has 0 heterocycles. The molecule has 174 valence electrons. The highest BCUT2D eigenvalue weighted by Gasteiger charge is 2.28. The lowest BCUT2D eigenvalue weighted by atomic mass is 10.0. The molecular weight excluding hydrogens is 392 g/mol. The zero-order valence-electron chi connectivity index (χ0n) is 18.0. The van der Waals surface area contributed by atoms with Crippen molar-refractivity contribution >= 4 is 23.7 Å². The number of hydrogen-bond donors (Lipinski definition) is 7. The number of carboxylic acid groups (broad SMARTS) is 1. The van der Waals surface area contributed by atoms with Crippen molar-refractivity contribution in [2.75, 3.05) is 19.6 Å². The number of carbonyl (C=O) groups is 4. The highest BCUT2D eigenvalue weighted by Crippen LogP contribution is 2.06. The monoisotopic (exact) mass is 430 g/mol. The SMILES string of the molecule is CC(C)C(NC(=O)CNC(=O)C(N)CCCCN)C(=O)NC(CCCCN)C(=O)O. The number of nitrogens with two attached hydrogens (primary N) is 3. The van der Waals surface area contributed by atoms with E-state index in [2.05, 4.69) is 16.0 Å². The lowest BCUT2D eigenvalue weighted by molar-refractivity contribution is -0.142. The summed E-state index contributed by atoms with van der Waals surface area (Å²) in [5.74, 6) is -3.06. The van der Waals surface area contributed by atoms with Crippen LogP contribution in [0.25, 0.3) is 0 Å². The van der Waals surface area contributed by atoms with Gasteiger partial charge in [-0.25, -0.2) is 4.79 Å². The van der Waals surface area contributed by atoms with Crippen LogP contribution in [0, 0.1) is 5.92 Å². The largest absolute Gasteiger partial charge is 0.480 e. The summed E-state index contributed by atoms with van der Waals surface area (Å²) in [5, 5.41) is 16.7. The van der Waals surface area contributed by atoms with Crippen LogP contribution < -0.4 is 33.2 Å². The van der Waals surface area contributed by atoms with Gasteiger partial charge >= 0.3 is 5.97 Å². The van der Waals surface area contributed by atoms with Crippen molar-refractivity contribution in [1.29, 1.82) is 0 Å². The van der Waals surface area contributed by atoms with E-state index in [0.29, 0.717) is 38.8 Å². The number of rotatable bonds is 16. The lowest BCUT2D eigenvalue weighted by Crippen LogP contribution is -2.55. The van der Waals surface area contributed by atoms with Gasteiger partial charge in [0.05, 0.1) is 12.6 Å². The first kappa shape index (κ1) is 27.8. The van der Waals surface area contributed by atoms with Gasteiger partial charge in [-0.05, 0) is 51.1 Å². The predicted molar refractivity (Wildman–Crippen MR) is 113 cm³/mol. The Bertz CT molecular complexity index is 558. The summed E-state index contributed by atoms with van der Waals surface area (Å²) in [5.41, 5.74) is 16.6. The fourth-order valence-corrected chi connectivity index (χ4v) is 2.71. The maximum absolute atomic E-state index is 12.5. The number of carboxylic acids is 1. The van der Waals surface area contributed by atoms with Gasteiger partial charge < -0.3 is 38.3 Å². The standard InChI is InChI=1S/C19H38N6O5/c1-12(2)16(18(28)24-14(19(29)30)8-4-6-10-21)25-15(26)11-23-17(27)13(22)7-3-5-9-20/h12-14,16H,3-11,20-22H2,1-2H3,(H,23,27)(H,24,28)(H,25,26)(H,29,30). The van der Waals surface area contributed by atoms with Crippen molar-refractivity contribution in [3.8, 4) is 0 Å². The molecule has 3 atom stereocenters. The number of amides is 3. The van der Waals surface area contributed by atoms with Crippen LogP contribution >= 0.6 is 0 Å². The first-order valence-electron chi connectivity index (χ1n) is 10.4. The Morgan fingerprint density at radius 2 is 1.43 bits per heavy atom. The first-order valence-corrected chi connectivity index (χ1v) is 10.4. The van der Waals surface area contributed by atoms with Gasteiger partial charge in [-0.15, -0.1) is 0 Å². The van der Waals surface area contributed by atoms with Crippen molar-refractivity contribution in [1.82, 2.24) is 16.0 Å². The third-order valence-electron chi connectivity index (χ3n) is 4.56. The quantitative estimate of drug-likeness (QED) is 0.142. The van der Waals surface area contributed by atoms with Crippen LogP contribution in [-0.4, -0.2) is 66.6 Å². The highest BCUT2D eigenvalue weighted by atomic mass is 16.4. The van der Waals surface area contributed by atoms with Gasteiger partial charge in [0.1, 0.15) is 12.1 Å². The van der Waals surface area contributed by atoms with E-state index < -0.39 is 41.8 Å². The fraction of sp³-hybridized carbons (Fsp3) is 0.789. The van der Waals surface area contributed by atoms with E-state index in [-0.39, 0.29) is 18.9 Å². The van der Waals surface area contributed by atoms with Crippen molar-refractivity contribution in [2.24, 2.45) is 23.1 Å². The van der Waals surface area contributed by atoms with Crippen LogP contribution in [0.1, 0.15) is 52.4 Å². The maximum atomic E-state index is 12.5. The van der Waals surface area contributed by atoms with Crippen molar-refractivity contribution in [3.05, 3.63) is 0 Å². The Hall–Kier alpha value is -2.24. The Balaban J connectivity index is 4.67. The van der Waals surface area contributed by atoms with E-state index in [0.717, 1.165) is 6.42 Å². The Kier molecular flexibility index (Phi) is 14.4. The second-order valence-electron chi connectivity index (χ2n) is 7.58. The normalized spacial score (nSPS) is 13.9. The summed E-state index contributed by atoms with van der Waals surface area (Å²) in [6, 6.07) is -2.74. The number of hydrogen-bond acceptors (Lipinski definition) is 7. The van der Waals surface area contributed by atoms with Gasteiger partial charge in [-0.3, -0.25) is 14.4 Å².